The lowest BCUT2D eigenvalue weighted by atomic mass is 9.97. The van der Waals surface area contributed by atoms with Crippen molar-refractivity contribution >= 4 is 17.6 Å². The Morgan fingerprint density at radius 3 is 2.75 bits per heavy atom. The second-order valence-electron chi connectivity index (χ2n) is 4.83. The number of benzene rings is 1. The topological polar surface area (TPSA) is 66.4 Å². The monoisotopic (exact) mass is 277 g/mol. The minimum Gasteiger partial charge on any atom is -0.478 e. The Morgan fingerprint density at radius 1 is 1.30 bits per heavy atom. The minimum absolute atomic E-state index is 0.207. The van der Waals surface area contributed by atoms with E-state index in [0.717, 1.165) is 43.4 Å². The summed E-state index contributed by atoms with van der Waals surface area (Å²) >= 11 is 0. The summed E-state index contributed by atoms with van der Waals surface area (Å²) < 4.78 is 13.2. The number of anilines is 1. The molecule has 1 amide bonds. The maximum absolute atomic E-state index is 13.2. The smallest absolute Gasteiger partial charge is 0.338 e. The number of carbonyl (C=O) groups excluding carboxylic acids is 1. The molecule has 1 aliphatic carbocycles. The van der Waals surface area contributed by atoms with Gasteiger partial charge in [-0.3, -0.25) is 4.79 Å². The quantitative estimate of drug-likeness (QED) is 0.829. The predicted octanol–water partition coefficient (Wildman–Crippen LogP) is 3.35. The first-order valence-electron chi connectivity index (χ1n) is 6.57. The van der Waals surface area contributed by atoms with Gasteiger partial charge in [0.05, 0.1) is 5.56 Å². The summed E-state index contributed by atoms with van der Waals surface area (Å²) in [6.45, 7) is 0. The molecule has 2 N–H and O–H groups in total. The number of hydrogen-bond donors (Lipinski definition) is 2. The van der Waals surface area contributed by atoms with Crippen LogP contribution in [-0.2, 0) is 4.79 Å². The van der Waals surface area contributed by atoms with Crippen LogP contribution in [-0.4, -0.2) is 17.0 Å². The van der Waals surface area contributed by atoms with Crippen LogP contribution in [0.3, 0.4) is 0 Å². The Balaban J connectivity index is 2.02. The molecule has 20 heavy (non-hydrogen) atoms. The van der Waals surface area contributed by atoms with Gasteiger partial charge in [0.15, 0.2) is 0 Å². The number of allylic oxidation sites excluding steroid dienone is 1. The summed E-state index contributed by atoms with van der Waals surface area (Å²) in [5.41, 5.74) is 0.958. The second kappa shape index (κ2) is 6.32. The molecule has 0 atom stereocenters. The van der Waals surface area contributed by atoms with Gasteiger partial charge in [-0.25, -0.2) is 9.18 Å². The van der Waals surface area contributed by atoms with Crippen molar-refractivity contribution < 1.29 is 19.1 Å². The lowest BCUT2D eigenvalue weighted by Gasteiger charge is -2.12. The fourth-order valence-electron chi connectivity index (χ4n) is 2.24. The molecular formula is C15H16FNO3. The van der Waals surface area contributed by atoms with E-state index in [1.54, 1.807) is 0 Å². The molecular weight excluding hydrogens is 261 g/mol. The zero-order valence-electron chi connectivity index (χ0n) is 11.0. The Hall–Kier alpha value is -2.17. The number of aromatic carboxylic acids is 1. The molecule has 106 valence electrons. The molecule has 0 bridgehead atoms. The minimum atomic E-state index is -1.35. The van der Waals surface area contributed by atoms with Gasteiger partial charge in [-0.15, -0.1) is 0 Å². The lowest BCUT2D eigenvalue weighted by Crippen LogP contribution is -2.14. The number of carboxylic acid groups (broad SMARTS) is 1. The van der Waals surface area contributed by atoms with E-state index in [0.29, 0.717) is 12.1 Å². The molecule has 0 saturated heterocycles. The molecule has 1 aliphatic rings. The van der Waals surface area contributed by atoms with Gasteiger partial charge in [0, 0.05) is 12.1 Å². The highest BCUT2D eigenvalue weighted by Crippen LogP contribution is 2.21. The fraction of sp³-hybridized carbons (Fsp3) is 0.333. The average molecular weight is 277 g/mol. The number of hydrogen-bond acceptors (Lipinski definition) is 2. The number of carbonyl (C=O) groups is 2. The van der Waals surface area contributed by atoms with Crippen LogP contribution >= 0.6 is 0 Å². The lowest BCUT2D eigenvalue weighted by molar-refractivity contribution is -0.115. The first kappa shape index (κ1) is 14.2. The van der Waals surface area contributed by atoms with Crippen molar-refractivity contribution in [2.75, 3.05) is 5.32 Å². The zero-order chi connectivity index (χ0) is 14.5. The molecule has 5 heteroatoms. The number of amides is 1. The maximum Gasteiger partial charge on any atom is 0.338 e. The van der Waals surface area contributed by atoms with Crippen LogP contribution in [0.5, 0.6) is 0 Å². The van der Waals surface area contributed by atoms with Gasteiger partial charge in [0.25, 0.3) is 0 Å². The molecule has 0 aromatic heterocycles. The number of rotatable bonds is 4. The van der Waals surface area contributed by atoms with Crippen molar-refractivity contribution in [3.05, 3.63) is 41.2 Å². The van der Waals surface area contributed by atoms with E-state index >= 15 is 0 Å². The van der Waals surface area contributed by atoms with Crippen molar-refractivity contribution in [2.24, 2.45) is 0 Å². The Kier molecular flexibility index (Phi) is 4.50. The first-order chi connectivity index (χ1) is 9.56. The summed E-state index contributed by atoms with van der Waals surface area (Å²) in [6.07, 6.45) is 6.57. The second-order valence-corrected chi connectivity index (χ2v) is 4.83. The molecule has 1 aromatic carbocycles. The predicted molar refractivity (Wildman–Crippen MR) is 73.2 cm³/mol. The normalized spacial score (nSPS) is 14.6. The highest BCUT2D eigenvalue weighted by atomic mass is 19.1. The summed E-state index contributed by atoms with van der Waals surface area (Å²) in [7, 11) is 0. The van der Waals surface area contributed by atoms with E-state index in [1.165, 1.54) is 6.07 Å². The number of nitrogens with one attached hydrogen (secondary N) is 1. The maximum atomic E-state index is 13.2. The van der Waals surface area contributed by atoms with Crippen LogP contribution in [0.1, 0.15) is 42.5 Å². The van der Waals surface area contributed by atoms with E-state index < -0.39 is 17.3 Å². The number of halogens is 1. The third-order valence-corrected chi connectivity index (χ3v) is 3.25. The van der Waals surface area contributed by atoms with Crippen LogP contribution in [0.2, 0.25) is 0 Å². The third kappa shape index (κ3) is 3.66. The molecule has 0 spiro atoms. The largest absolute Gasteiger partial charge is 0.478 e. The highest BCUT2D eigenvalue weighted by Gasteiger charge is 2.13. The average Bonchev–Trinajstić information content (AvgIpc) is 2.41. The zero-order valence-corrected chi connectivity index (χ0v) is 11.0. The Bertz CT molecular complexity index is 566. The Morgan fingerprint density at radius 2 is 2.10 bits per heavy atom. The van der Waals surface area contributed by atoms with Crippen LogP contribution in [0.25, 0.3) is 0 Å². The molecule has 0 radical (unpaired) electrons. The Labute approximate surface area is 116 Å². The van der Waals surface area contributed by atoms with Crippen molar-refractivity contribution in [2.45, 2.75) is 32.1 Å². The van der Waals surface area contributed by atoms with Crippen molar-refractivity contribution in [3.8, 4) is 0 Å². The SMILES string of the molecule is O=C(CC1=CCCCC1)Nc1ccc(F)c(C(=O)O)c1. The van der Waals surface area contributed by atoms with Crippen LogP contribution in [0, 0.1) is 5.82 Å². The molecule has 0 saturated carbocycles. The van der Waals surface area contributed by atoms with Gasteiger partial charge in [0.1, 0.15) is 5.82 Å². The first-order valence-corrected chi connectivity index (χ1v) is 6.57. The van der Waals surface area contributed by atoms with Gasteiger partial charge in [-0.2, -0.15) is 0 Å². The standard InChI is InChI=1S/C15H16FNO3/c16-13-7-6-11(9-12(13)15(19)20)17-14(18)8-10-4-2-1-3-5-10/h4,6-7,9H,1-3,5,8H2,(H,17,18)(H,19,20). The van der Waals surface area contributed by atoms with Gasteiger partial charge in [-0.1, -0.05) is 11.6 Å². The highest BCUT2D eigenvalue weighted by molar-refractivity contribution is 5.94. The molecule has 0 unspecified atom stereocenters. The van der Waals surface area contributed by atoms with E-state index in [2.05, 4.69) is 11.4 Å². The van der Waals surface area contributed by atoms with E-state index in [9.17, 15) is 14.0 Å². The molecule has 2 rings (SSSR count). The molecule has 0 aliphatic heterocycles. The van der Waals surface area contributed by atoms with Crippen molar-refractivity contribution in [3.63, 3.8) is 0 Å². The molecule has 4 nitrogen and oxygen atoms in total. The fourth-order valence-corrected chi connectivity index (χ4v) is 2.24. The summed E-state index contributed by atoms with van der Waals surface area (Å²) in [6, 6.07) is 3.53. The van der Waals surface area contributed by atoms with Gasteiger partial charge in [0.2, 0.25) is 5.91 Å². The van der Waals surface area contributed by atoms with Crippen molar-refractivity contribution in [1.29, 1.82) is 0 Å². The summed E-state index contributed by atoms with van der Waals surface area (Å²) in [5, 5.41) is 11.4. The van der Waals surface area contributed by atoms with Crippen molar-refractivity contribution in [1.82, 2.24) is 0 Å². The third-order valence-electron chi connectivity index (χ3n) is 3.25. The van der Waals surface area contributed by atoms with E-state index in [-0.39, 0.29) is 5.91 Å². The molecule has 1 aromatic rings. The molecule has 0 fully saturated rings. The number of carboxylic acids is 1. The van der Waals surface area contributed by atoms with Crippen LogP contribution in [0.15, 0.2) is 29.8 Å². The van der Waals surface area contributed by atoms with Gasteiger partial charge < -0.3 is 10.4 Å². The van der Waals surface area contributed by atoms with Gasteiger partial charge >= 0.3 is 5.97 Å². The van der Waals surface area contributed by atoms with E-state index in [1.807, 2.05) is 0 Å². The van der Waals surface area contributed by atoms with Crippen LogP contribution in [0.4, 0.5) is 10.1 Å². The molecule has 0 heterocycles. The van der Waals surface area contributed by atoms with Crippen LogP contribution < -0.4 is 5.32 Å². The summed E-state index contributed by atoms with van der Waals surface area (Å²) in [4.78, 5) is 22.7. The van der Waals surface area contributed by atoms with E-state index in [4.69, 9.17) is 5.11 Å². The van der Waals surface area contributed by atoms with Gasteiger partial charge in [-0.05, 0) is 43.9 Å². The summed E-state index contributed by atoms with van der Waals surface area (Å²) in [5.74, 6) is -2.37.